The topological polar surface area (TPSA) is 59.0 Å². The fraction of sp³-hybridized carbons (Fsp3) is 0.455. The molecule has 88 valence electrons. The molecule has 0 fully saturated rings. The number of aryl methyl sites for hydroxylation is 1. The van der Waals surface area contributed by atoms with Gasteiger partial charge in [-0.25, -0.2) is 0 Å². The first-order chi connectivity index (χ1) is 7.63. The number of carbonyl (C=O) groups is 1. The van der Waals surface area contributed by atoms with Crippen molar-refractivity contribution in [1.29, 1.82) is 0 Å². The van der Waals surface area contributed by atoms with Crippen LogP contribution in [0.2, 0.25) is 0 Å². The number of nitrogens with zero attached hydrogens (tertiary/aromatic N) is 2. The van der Waals surface area contributed by atoms with Crippen molar-refractivity contribution in [3.63, 3.8) is 0 Å². The second kappa shape index (κ2) is 6.07. The molecule has 0 spiro atoms. The van der Waals surface area contributed by atoms with Gasteiger partial charge in [0.1, 0.15) is 0 Å². The highest BCUT2D eigenvalue weighted by Crippen LogP contribution is 1.94. The Morgan fingerprint density at radius 2 is 2.50 bits per heavy atom. The molecule has 1 atom stereocenters. The highest BCUT2D eigenvalue weighted by Gasteiger charge is 2.11. The summed E-state index contributed by atoms with van der Waals surface area (Å²) in [5.74, 6) is -0.0316. The van der Waals surface area contributed by atoms with Gasteiger partial charge >= 0.3 is 0 Å². The molecule has 5 nitrogen and oxygen atoms in total. The van der Waals surface area contributed by atoms with E-state index in [-0.39, 0.29) is 11.9 Å². The summed E-state index contributed by atoms with van der Waals surface area (Å²) in [6.07, 6.45) is 3.53. The average Bonchev–Trinajstić information content (AvgIpc) is 2.68. The molecule has 0 aromatic carbocycles. The summed E-state index contributed by atoms with van der Waals surface area (Å²) in [6.45, 7) is 6.44. The van der Waals surface area contributed by atoms with Crippen LogP contribution < -0.4 is 10.6 Å². The lowest BCUT2D eigenvalue weighted by molar-refractivity contribution is -0.122. The summed E-state index contributed by atoms with van der Waals surface area (Å²) in [5.41, 5.74) is 0.922. The summed E-state index contributed by atoms with van der Waals surface area (Å²) in [7, 11) is 1.86. The van der Waals surface area contributed by atoms with Crippen LogP contribution >= 0.6 is 0 Å². The lowest BCUT2D eigenvalue weighted by Gasteiger charge is -2.12. The van der Waals surface area contributed by atoms with E-state index < -0.39 is 0 Å². The predicted octanol–water partition coefficient (Wildman–Crippen LogP) is 0.200. The molecular weight excluding hydrogens is 204 g/mol. The van der Waals surface area contributed by atoms with Crippen LogP contribution in [0.3, 0.4) is 0 Å². The minimum Gasteiger partial charge on any atom is -0.351 e. The summed E-state index contributed by atoms with van der Waals surface area (Å²) in [6, 6.07) is 1.68. The summed E-state index contributed by atoms with van der Waals surface area (Å²) in [5, 5.41) is 10.0. The Kier molecular flexibility index (Phi) is 4.72. The molecule has 2 N–H and O–H groups in total. The van der Waals surface area contributed by atoms with Gasteiger partial charge in [0.15, 0.2) is 0 Å². The van der Waals surface area contributed by atoms with E-state index in [0.29, 0.717) is 13.1 Å². The molecular formula is C11H18N4O. The monoisotopic (exact) mass is 222 g/mol. The molecule has 0 aliphatic rings. The maximum absolute atomic E-state index is 11.5. The van der Waals surface area contributed by atoms with Gasteiger partial charge in [0.2, 0.25) is 5.91 Å². The molecule has 1 unspecified atom stereocenters. The number of carbonyl (C=O) groups excluding carboxylic acids is 1. The number of hydrogen-bond acceptors (Lipinski definition) is 3. The highest BCUT2D eigenvalue weighted by atomic mass is 16.2. The zero-order valence-corrected chi connectivity index (χ0v) is 9.73. The summed E-state index contributed by atoms with van der Waals surface area (Å²) >= 11 is 0. The van der Waals surface area contributed by atoms with Crippen molar-refractivity contribution in [2.24, 2.45) is 7.05 Å². The maximum atomic E-state index is 11.5. The smallest absolute Gasteiger partial charge is 0.237 e. The Morgan fingerprint density at radius 1 is 1.75 bits per heavy atom. The minimum atomic E-state index is -0.234. The molecule has 0 saturated carbocycles. The van der Waals surface area contributed by atoms with Crippen molar-refractivity contribution >= 4 is 5.91 Å². The molecule has 1 rings (SSSR count). The Hall–Kier alpha value is -1.62. The SMILES string of the molecule is C=CCNC(=O)C(C)NCc1ccn(C)n1. The Bertz CT molecular complexity index is 359. The Balaban J connectivity index is 2.31. The number of rotatable bonds is 6. The third-order valence-corrected chi connectivity index (χ3v) is 2.17. The molecule has 0 saturated heterocycles. The molecule has 1 aromatic rings. The first-order valence-corrected chi connectivity index (χ1v) is 5.24. The predicted molar refractivity (Wildman–Crippen MR) is 62.7 cm³/mol. The van der Waals surface area contributed by atoms with Crippen molar-refractivity contribution in [1.82, 2.24) is 20.4 Å². The van der Waals surface area contributed by atoms with Crippen LogP contribution in [0.15, 0.2) is 24.9 Å². The molecule has 1 aromatic heterocycles. The van der Waals surface area contributed by atoms with E-state index >= 15 is 0 Å². The van der Waals surface area contributed by atoms with Crippen molar-refractivity contribution < 1.29 is 4.79 Å². The normalized spacial score (nSPS) is 12.1. The van der Waals surface area contributed by atoms with Crippen LogP contribution in [0.1, 0.15) is 12.6 Å². The van der Waals surface area contributed by atoms with Crippen LogP contribution in [-0.4, -0.2) is 28.3 Å². The molecule has 0 aliphatic heterocycles. The molecule has 1 amide bonds. The van der Waals surface area contributed by atoms with E-state index in [2.05, 4.69) is 22.3 Å². The largest absolute Gasteiger partial charge is 0.351 e. The van der Waals surface area contributed by atoms with Crippen molar-refractivity contribution in [2.75, 3.05) is 6.54 Å². The van der Waals surface area contributed by atoms with Gasteiger partial charge < -0.3 is 10.6 Å². The van der Waals surface area contributed by atoms with Crippen LogP contribution in [-0.2, 0) is 18.4 Å². The number of amides is 1. The van der Waals surface area contributed by atoms with Gasteiger partial charge in [-0.05, 0) is 13.0 Å². The maximum Gasteiger partial charge on any atom is 0.237 e. The van der Waals surface area contributed by atoms with Crippen LogP contribution in [0.4, 0.5) is 0 Å². The highest BCUT2D eigenvalue weighted by molar-refractivity contribution is 5.81. The summed E-state index contributed by atoms with van der Waals surface area (Å²) in [4.78, 5) is 11.5. The Labute approximate surface area is 95.5 Å². The second-order valence-corrected chi connectivity index (χ2v) is 3.62. The average molecular weight is 222 g/mol. The molecule has 0 radical (unpaired) electrons. The van der Waals surface area contributed by atoms with Gasteiger partial charge in [0, 0.05) is 26.3 Å². The fourth-order valence-electron chi connectivity index (χ4n) is 1.23. The summed E-state index contributed by atoms with van der Waals surface area (Å²) < 4.78 is 1.74. The lowest BCUT2D eigenvalue weighted by Crippen LogP contribution is -2.41. The van der Waals surface area contributed by atoms with Crippen molar-refractivity contribution in [3.8, 4) is 0 Å². The quantitative estimate of drug-likeness (QED) is 0.676. The molecule has 0 aliphatic carbocycles. The van der Waals surface area contributed by atoms with Gasteiger partial charge in [-0.3, -0.25) is 9.48 Å². The van der Waals surface area contributed by atoms with Crippen molar-refractivity contribution in [3.05, 3.63) is 30.6 Å². The van der Waals surface area contributed by atoms with E-state index in [1.165, 1.54) is 0 Å². The second-order valence-electron chi connectivity index (χ2n) is 3.62. The minimum absolute atomic E-state index is 0.0316. The molecule has 0 bridgehead atoms. The lowest BCUT2D eigenvalue weighted by atomic mass is 10.3. The van der Waals surface area contributed by atoms with Gasteiger partial charge in [0.05, 0.1) is 11.7 Å². The van der Waals surface area contributed by atoms with E-state index in [1.807, 2.05) is 26.2 Å². The van der Waals surface area contributed by atoms with E-state index in [0.717, 1.165) is 5.69 Å². The van der Waals surface area contributed by atoms with Crippen LogP contribution in [0.25, 0.3) is 0 Å². The first kappa shape index (κ1) is 12.4. The zero-order valence-electron chi connectivity index (χ0n) is 9.73. The number of nitrogens with one attached hydrogen (secondary N) is 2. The van der Waals surface area contributed by atoms with E-state index in [1.54, 1.807) is 10.8 Å². The zero-order chi connectivity index (χ0) is 12.0. The number of aromatic nitrogens is 2. The molecule has 16 heavy (non-hydrogen) atoms. The van der Waals surface area contributed by atoms with Crippen LogP contribution in [0, 0.1) is 0 Å². The van der Waals surface area contributed by atoms with E-state index in [4.69, 9.17) is 0 Å². The Morgan fingerprint density at radius 3 is 3.06 bits per heavy atom. The van der Waals surface area contributed by atoms with Crippen LogP contribution in [0.5, 0.6) is 0 Å². The molecule has 1 heterocycles. The standard InChI is InChI=1S/C11H18N4O/c1-4-6-12-11(16)9(2)13-8-10-5-7-15(3)14-10/h4-5,7,9,13H,1,6,8H2,2-3H3,(H,12,16). The van der Waals surface area contributed by atoms with Crippen molar-refractivity contribution in [2.45, 2.75) is 19.5 Å². The fourth-order valence-corrected chi connectivity index (χ4v) is 1.23. The van der Waals surface area contributed by atoms with Gasteiger partial charge in [-0.15, -0.1) is 6.58 Å². The molecule has 5 heteroatoms. The van der Waals surface area contributed by atoms with Gasteiger partial charge in [0.25, 0.3) is 0 Å². The first-order valence-electron chi connectivity index (χ1n) is 5.24. The van der Waals surface area contributed by atoms with Gasteiger partial charge in [-0.2, -0.15) is 5.10 Å². The third-order valence-electron chi connectivity index (χ3n) is 2.17. The van der Waals surface area contributed by atoms with E-state index in [9.17, 15) is 4.79 Å². The third kappa shape index (κ3) is 3.86. The van der Waals surface area contributed by atoms with Gasteiger partial charge in [-0.1, -0.05) is 6.08 Å². The number of hydrogen-bond donors (Lipinski definition) is 2.